The number of aromatic nitrogens is 2. The molecular formula is C27H32N6O8S3. The van der Waals surface area contributed by atoms with Crippen molar-refractivity contribution in [3.63, 3.8) is 0 Å². The van der Waals surface area contributed by atoms with Gasteiger partial charge in [0.15, 0.2) is 10.8 Å². The van der Waals surface area contributed by atoms with E-state index in [0.29, 0.717) is 16.5 Å². The van der Waals surface area contributed by atoms with Crippen LogP contribution in [0, 0.1) is 12.3 Å². The first-order chi connectivity index (χ1) is 21.0. The van der Waals surface area contributed by atoms with Gasteiger partial charge in [-0.05, 0) is 39.3 Å². The maximum Gasteiger partial charge on any atom is 0.358 e. The lowest BCUT2D eigenvalue weighted by atomic mass is 9.98. The topological polar surface area (TPSA) is 171 Å². The Balaban J connectivity index is 1.53. The molecule has 44 heavy (non-hydrogen) atoms. The van der Waals surface area contributed by atoms with Crippen LogP contribution in [0.1, 0.15) is 37.0 Å². The molecule has 2 N–H and O–H groups in total. The Morgan fingerprint density at radius 2 is 1.95 bits per heavy atom. The van der Waals surface area contributed by atoms with E-state index in [0.717, 1.165) is 10.6 Å². The predicted molar refractivity (Wildman–Crippen MR) is 166 cm³/mol. The Kier molecular flexibility index (Phi) is 10.8. The number of hydrogen-bond acceptors (Lipinski definition) is 15. The summed E-state index contributed by atoms with van der Waals surface area (Å²) < 4.78 is 15.4. The van der Waals surface area contributed by atoms with E-state index in [1.165, 1.54) is 53.6 Å². The number of oxime groups is 1. The third-order valence-corrected chi connectivity index (χ3v) is 9.20. The van der Waals surface area contributed by atoms with E-state index in [2.05, 4.69) is 25.8 Å². The van der Waals surface area contributed by atoms with Crippen LogP contribution in [0.25, 0.3) is 6.08 Å². The minimum atomic E-state index is -0.963. The molecule has 4 rings (SSSR count). The summed E-state index contributed by atoms with van der Waals surface area (Å²) in [5.41, 5.74) is 2.41. The van der Waals surface area contributed by atoms with Crippen molar-refractivity contribution < 1.29 is 38.2 Å². The first-order valence-electron chi connectivity index (χ1n) is 13.2. The first kappa shape index (κ1) is 33.1. The quantitative estimate of drug-likeness (QED) is 0.112. The number of fused-ring (bicyclic) bond motifs is 1. The van der Waals surface area contributed by atoms with Crippen LogP contribution in [-0.2, 0) is 38.2 Å². The number of nitrogens with one attached hydrogen (secondary N) is 2. The highest BCUT2D eigenvalue weighted by Crippen LogP contribution is 2.41. The fourth-order valence-electron chi connectivity index (χ4n) is 3.93. The number of anilines is 1. The van der Waals surface area contributed by atoms with Crippen LogP contribution in [0.15, 0.2) is 33.4 Å². The lowest BCUT2D eigenvalue weighted by Crippen LogP contribution is -2.71. The number of esters is 2. The third kappa shape index (κ3) is 7.46. The van der Waals surface area contributed by atoms with Crippen LogP contribution in [0.3, 0.4) is 0 Å². The van der Waals surface area contributed by atoms with Crippen molar-refractivity contribution in [3.8, 4) is 0 Å². The number of carbonyl (C=O) groups is 4. The van der Waals surface area contributed by atoms with E-state index in [-0.39, 0.29) is 23.8 Å². The van der Waals surface area contributed by atoms with Crippen molar-refractivity contribution in [3.05, 3.63) is 44.5 Å². The monoisotopic (exact) mass is 664 g/mol. The normalized spacial score (nSPS) is 18.5. The maximum atomic E-state index is 13.5. The molecule has 2 aromatic rings. The second kappa shape index (κ2) is 14.3. The molecule has 236 valence electrons. The molecule has 0 spiro atoms. The molecule has 1 fully saturated rings. The average molecular weight is 665 g/mol. The van der Waals surface area contributed by atoms with Crippen molar-refractivity contribution in [1.82, 2.24) is 20.2 Å². The van der Waals surface area contributed by atoms with Gasteiger partial charge in [0.2, 0.25) is 6.79 Å². The zero-order valence-electron chi connectivity index (χ0n) is 24.9. The minimum absolute atomic E-state index is 0.00798. The van der Waals surface area contributed by atoms with Gasteiger partial charge in [0.25, 0.3) is 11.8 Å². The number of hydrogen-bond donors (Lipinski definition) is 2. The molecule has 2 aromatic heterocycles. The van der Waals surface area contributed by atoms with Crippen LogP contribution in [0.5, 0.6) is 0 Å². The summed E-state index contributed by atoms with van der Waals surface area (Å²) in [4.78, 5) is 67.8. The Hall–Kier alpha value is -3.80. The van der Waals surface area contributed by atoms with Gasteiger partial charge in [0, 0.05) is 23.1 Å². The second-order valence-corrected chi connectivity index (χ2v) is 13.2. The van der Waals surface area contributed by atoms with Gasteiger partial charge in [0.1, 0.15) is 36.6 Å². The van der Waals surface area contributed by atoms with Crippen molar-refractivity contribution in [2.45, 2.75) is 39.1 Å². The summed E-state index contributed by atoms with van der Waals surface area (Å²) in [5.74, 6) is -2.25. The summed E-state index contributed by atoms with van der Waals surface area (Å²) in [6, 6.07) is -0.963. The predicted octanol–water partition coefficient (Wildman–Crippen LogP) is 2.73. The number of thiazole rings is 2. The highest BCUT2D eigenvalue weighted by Gasteiger charge is 2.54. The van der Waals surface area contributed by atoms with E-state index in [1.807, 2.05) is 13.0 Å². The molecule has 17 heteroatoms. The summed E-state index contributed by atoms with van der Waals surface area (Å²) >= 11 is 4.05. The molecule has 0 aliphatic carbocycles. The summed E-state index contributed by atoms with van der Waals surface area (Å²) in [5, 5.41) is 11.0. The molecule has 1 saturated heterocycles. The Morgan fingerprint density at radius 1 is 1.18 bits per heavy atom. The zero-order valence-corrected chi connectivity index (χ0v) is 27.3. The first-order valence-corrected chi connectivity index (χ1v) is 16.0. The molecule has 0 unspecified atom stereocenters. The highest BCUT2D eigenvalue weighted by atomic mass is 32.2. The number of rotatable bonds is 12. The molecule has 4 heterocycles. The molecule has 0 aromatic carbocycles. The van der Waals surface area contributed by atoms with Gasteiger partial charge < -0.3 is 29.7 Å². The number of aryl methyl sites for hydroxylation is 1. The van der Waals surface area contributed by atoms with Crippen molar-refractivity contribution in [2.24, 2.45) is 10.6 Å². The van der Waals surface area contributed by atoms with Crippen molar-refractivity contribution >= 4 is 75.1 Å². The molecule has 2 aliphatic rings. The smallest absolute Gasteiger partial charge is 0.358 e. The number of amides is 2. The lowest BCUT2D eigenvalue weighted by Gasteiger charge is -2.49. The van der Waals surface area contributed by atoms with E-state index in [4.69, 9.17) is 19.0 Å². The number of nitrogens with zero attached hydrogens (tertiary/aromatic N) is 4. The lowest BCUT2D eigenvalue weighted by molar-refractivity contribution is -0.173. The van der Waals surface area contributed by atoms with Crippen LogP contribution in [0.2, 0.25) is 0 Å². The number of thioether (sulfide) groups is 1. The molecule has 2 atom stereocenters. The number of carbonyl (C=O) groups excluding carboxylic acids is 4. The van der Waals surface area contributed by atoms with Crippen molar-refractivity contribution in [1.29, 1.82) is 0 Å². The summed E-state index contributed by atoms with van der Waals surface area (Å²) in [7, 11) is 2.82. The SMILES string of the molecule is COCNc1nc(/C(=N/OC)C(=O)N[C@@H]2C(=O)N3C(C(=O)OCOC(=O)C(C)(C)C)=C(/C=C\c4scnc4C)CS[C@H]23)cs1. The number of β-lactam (4-membered cyclic amide) rings is 1. The van der Waals surface area contributed by atoms with Gasteiger partial charge in [-0.15, -0.1) is 34.4 Å². The molecule has 0 bridgehead atoms. The van der Waals surface area contributed by atoms with Gasteiger partial charge in [-0.1, -0.05) is 11.2 Å². The standard InChI is InChI=1S/C27H32N6O8S3/c1-14-17(44-12-29-14)8-7-15-9-42-23-19(22(35)33(23)20(15)24(36)40-13-41-25(37)27(2,3)4)31-21(34)18(32-39-6)16-10-43-26(30-16)28-11-38-5/h7-8,10,12,19,23H,9,11,13H2,1-6H3,(H,28,30)(H,31,34)/b8-7-,32-18-/t19-,23-/m1/s1. The Morgan fingerprint density at radius 3 is 2.61 bits per heavy atom. The second-order valence-electron chi connectivity index (χ2n) is 10.4. The van der Waals surface area contributed by atoms with Gasteiger partial charge in [-0.25, -0.2) is 14.8 Å². The number of methoxy groups -OCH3 is 1. The average Bonchev–Trinajstić information content (AvgIpc) is 3.63. The zero-order chi connectivity index (χ0) is 32.0. The molecular weight excluding hydrogens is 633 g/mol. The van der Waals surface area contributed by atoms with Crippen LogP contribution in [-0.4, -0.2) is 89.2 Å². The van der Waals surface area contributed by atoms with E-state index in [9.17, 15) is 19.2 Å². The maximum absolute atomic E-state index is 13.5. The van der Waals surface area contributed by atoms with E-state index in [1.54, 1.807) is 37.7 Å². The van der Waals surface area contributed by atoms with E-state index >= 15 is 0 Å². The van der Waals surface area contributed by atoms with Gasteiger partial charge in [0.05, 0.1) is 16.6 Å². The highest BCUT2D eigenvalue weighted by molar-refractivity contribution is 8.00. The Bertz CT molecular complexity index is 1510. The molecule has 0 radical (unpaired) electrons. The van der Waals surface area contributed by atoms with Crippen LogP contribution < -0.4 is 10.6 Å². The van der Waals surface area contributed by atoms with Crippen molar-refractivity contribution in [2.75, 3.05) is 38.8 Å². The van der Waals surface area contributed by atoms with Crippen LogP contribution in [0.4, 0.5) is 5.13 Å². The summed E-state index contributed by atoms with van der Waals surface area (Å²) in [6.45, 7) is 6.50. The third-order valence-electron chi connectivity index (χ3n) is 6.20. The van der Waals surface area contributed by atoms with Gasteiger partial charge in [-0.2, -0.15) is 0 Å². The minimum Gasteiger partial charge on any atom is -0.427 e. The van der Waals surface area contributed by atoms with E-state index < -0.39 is 47.4 Å². The molecule has 0 saturated carbocycles. The van der Waals surface area contributed by atoms with Gasteiger partial charge >= 0.3 is 11.9 Å². The fourth-order valence-corrected chi connectivity index (χ4v) is 6.63. The molecule has 2 amide bonds. The number of ether oxygens (including phenoxy) is 3. The Labute approximate surface area is 265 Å². The largest absolute Gasteiger partial charge is 0.427 e. The fraction of sp³-hybridized carbons (Fsp3) is 0.444. The molecule has 14 nitrogen and oxygen atoms in total. The van der Waals surface area contributed by atoms with Crippen LogP contribution >= 0.6 is 34.4 Å². The van der Waals surface area contributed by atoms with Gasteiger partial charge in [-0.3, -0.25) is 19.3 Å². The molecule has 2 aliphatic heterocycles. The number of allylic oxidation sites excluding steroid dienone is 1. The summed E-state index contributed by atoms with van der Waals surface area (Å²) in [6.07, 6.45) is 3.55.